The highest BCUT2D eigenvalue weighted by Crippen LogP contribution is 2.38. The van der Waals surface area contributed by atoms with Crippen molar-refractivity contribution in [1.82, 2.24) is 4.57 Å². The van der Waals surface area contributed by atoms with Crippen LogP contribution in [0, 0.1) is 6.92 Å². The molecule has 1 aliphatic rings. The maximum absolute atomic E-state index is 14.2. The highest BCUT2D eigenvalue weighted by molar-refractivity contribution is 7.07. The fourth-order valence-electron chi connectivity index (χ4n) is 5.22. The van der Waals surface area contributed by atoms with Crippen LogP contribution in [0.3, 0.4) is 0 Å². The lowest BCUT2D eigenvalue weighted by molar-refractivity contribution is -0.139. The summed E-state index contributed by atoms with van der Waals surface area (Å²) in [5.41, 5.74) is 3.95. The monoisotopic (exact) mass is 660 g/mol. The van der Waals surface area contributed by atoms with Crippen LogP contribution in [0.25, 0.3) is 6.08 Å². The molecule has 1 atom stereocenters. The Labute approximate surface area is 277 Å². The molecule has 1 aromatic heterocycles. The molecule has 1 aliphatic heterocycles. The van der Waals surface area contributed by atoms with Gasteiger partial charge in [0, 0.05) is 5.56 Å². The fourth-order valence-corrected chi connectivity index (χ4v) is 6.54. The zero-order valence-corrected chi connectivity index (χ0v) is 28.3. The van der Waals surface area contributed by atoms with E-state index in [4.69, 9.17) is 30.5 Å². The second-order valence-electron chi connectivity index (χ2n) is 11.0. The Morgan fingerprint density at radius 2 is 1.76 bits per heavy atom. The van der Waals surface area contributed by atoms with Crippen molar-refractivity contribution >= 4 is 35.0 Å². The van der Waals surface area contributed by atoms with Crippen LogP contribution in [-0.4, -0.2) is 29.9 Å². The van der Waals surface area contributed by atoms with Gasteiger partial charge in [-0.05, 0) is 76.9 Å². The zero-order valence-electron chi connectivity index (χ0n) is 26.8. The Kier molecular flexibility index (Phi) is 10.3. The second kappa shape index (κ2) is 14.4. The molecule has 4 aromatic rings. The summed E-state index contributed by atoms with van der Waals surface area (Å²) in [7, 11) is 0. The number of aromatic nitrogens is 1. The van der Waals surface area contributed by atoms with E-state index in [0.717, 1.165) is 11.1 Å². The van der Waals surface area contributed by atoms with Gasteiger partial charge in [0.15, 0.2) is 16.3 Å². The molecular weight excluding hydrogens is 624 g/mol. The first kappa shape index (κ1) is 33.0. The molecule has 2 heterocycles. The normalized spacial score (nSPS) is 14.6. The van der Waals surface area contributed by atoms with Crippen molar-refractivity contribution < 1.29 is 23.7 Å². The van der Waals surface area contributed by atoms with Crippen LogP contribution >= 0.6 is 22.9 Å². The van der Waals surface area contributed by atoms with Crippen LogP contribution in [-0.2, 0) is 16.1 Å². The van der Waals surface area contributed by atoms with Crippen molar-refractivity contribution in [2.24, 2.45) is 4.99 Å². The van der Waals surface area contributed by atoms with Crippen molar-refractivity contribution in [2.75, 3.05) is 13.2 Å². The molecule has 0 saturated carbocycles. The van der Waals surface area contributed by atoms with Crippen molar-refractivity contribution in [3.63, 3.8) is 0 Å². The van der Waals surface area contributed by atoms with E-state index >= 15 is 0 Å². The number of hydrogen-bond acceptors (Lipinski definition) is 8. The lowest BCUT2D eigenvalue weighted by atomic mass is 9.95. The summed E-state index contributed by atoms with van der Waals surface area (Å²) in [5.74, 6) is 0.943. The molecule has 0 N–H and O–H groups in total. The molecule has 8 nitrogen and oxygen atoms in total. The topological polar surface area (TPSA) is 88.4 Å². The average molecular weight is 661 g/mol. The van der Waals surface area contributed by atoms with E-state index in [0.29, 0.717) is 61.6 Å². The Balaban J connectivity index is 1.61. The third kappa shape index (κ3) is 7.06. The lowest BCUT2D eigenvalue weighted by Crippen LogP contribution is -2.40. The summed E-state index contributed by atoms with van der Waals surface area (Å²) >= 11 is 7.97. The Morgan fingerprint density at radius 1 is 1.02 bits per heavy atom. The number of nitrogens with zero attached hydrogens (tertiary/aromatic N) is 2. The zero-order chi connectivity index (χ0) is 33.0. The molecule has 3 aromatic carbocycles. The first-order valence-corrected chi connectivity index (χ1v) is 16.4. The number of fused-ring (bicyclic) bond motifs is 1. The number of esters is 1. The van der Waals surface area contributed by atoms with Crippen LogP contribution < -0.4 is 29.1 Å². The number of aryl methyl sites for hydroxylation is 1. The maximum atomic E-state index is 14.2. The van der Waals surface area contributed by atoms with Crippen LogP contribution in [0.1, 0.15) is 62.9 Å². The molecule has 0 aliphatic carbocycles. The third-order valence-corrected chi connectivity index (χ3v) is 8.49. The first-order valence-electron chi connectivity index (χ1n) is 15.2. The molecular formula is C36H37ClN2O6S. The highest BCUT2D eigenvalue weighted by atomic mass is 35.5. The Morgan fingerprint density at radius 3 is 2.46 bits per heavy atom. The van der Waals surface area contributed by atoms with Gasteiger partial charge in [-0.1, -0.05) is 71.0 Å². The van der Waals surface area contributed by atoms with Gasteiger partial charge in [0.2, 0.25) is 0 Å². The van der Waals surface area contributed by atoms with E-state index < -0.39 is 12.0 Å². The van der Waals surface area contributed by atoms with Gasteiger partial charge < -0.3 is 18.9 Å². The molecule has 0 unspecified atom stereocenters. The highest BCUT2D eigenvalue weighted by Gasteiger charge is 2.35. The summed E-state index contributed by atoms with van der Waals surface area (Å²) in [5, 5.41) is 0.357. The first-order chi connectivity index (χ1) is 22.1. The van der Waals surface area contributed by atoms with Gasteiger partial charge in [0.25, 0.3) is 5.56 Å². The van der Waals surface area contributed by atoms with Gasteiger partial charge in [0.05, 0.1) is 40.1 Å². The lowest BCUT2D eigenvalue weighted by Gasteiger charge is -2.26. The SMILES string of the molecule is CCOC(=O)C1=C(C)N=c2s/c(=C/c3cc(Cl)c(OCc4ccc(C)cc4)c(OCC)c3)c(=O)n2[C@@H]1c1ccccc1OC(C)C. The molecule has 0 radical (unpaired) electrons. The van der Waals surface area contributed by atoms with E-state index in [9.17, 15) is 9.59 Å². The largest absolute Gasteiger partial charge is 0.491 e. The van der Waals surface area contributed by atoms with Gasteiger partial charge in [-0.3, -0.25) is 9.36 Å². The number of allylic oxidation sites excluding steroid dienone is 1. The predicted octanol–water partition coefficient (Wildman–Crippen LogP) is 6.53. The van der Waals surface area contributed by atoms with Gasteiger partial charge in [-0.2, -0.15) is 0 Å². The molecule has 0 bridgehead atoms. The minimum absolute atomic E-state index is 0.124. The summed E-state index contributed by atoms with van der Waals surface area (Å²) in [6, 6.07) is 18.2. The van der Waals surface area contributed by atoms with Crippen LogP contribution in [0.4, 0.5) is 0 Å². The van der Waals surface area contributed by atoms with E-state index in [-0.39, 0.29) is 23.8 Å². The number of carbonyl (C=O) groups is 1. The standard InChI is InChI=1S/C36H37ClN2O6S/c1-7-42-29-18-25(17-27(37)33(29)44-20-24-15-13-22(5)14-16-24)19-30-34(40)39-32(26-11-9-10-12-28(26)45-21(3)4)31(35(41)43-8-2)23(6)38-36(39)46-30/h9-19,21,32H,7-8,20H2,1-6H3/b30-19+/t32-/m1/s1. The van der Waals surface area contributed by atoms with Gasteiger partial charge in [-0.25, -0.2) is 9.79 Å². The van der Waals surface area contributed by atoms with E-state index in [1.807, 2.05) is 76.2 Å². The summed E-state index contributed by atoms with van der Waals surface area (Å²) in [6.45, 7) is 12.2. The van der Waals surface area contributed by atoms with Gasteiger partial charge >= 0.3 is 5.97 Å². The van der Waals surface area contributed by atoms with Crippen molar-refractivity contribution in [3.8, 4) is 17.2 Å². The number of benzene rings is 3. The minimum atomic E-state index is -0.799. The molecule has 0 fully saturated rings. The summed E-state index contributed by atoms with van der Waals surface area (Å²) in [6.07, 6.45) is 1.63. The van der Waals surface area contributed by atoms with E-state index in [2.05, 4.69) is 4.99 Å². The van der Waals surface area contributed by atoms with Crippen LogP contribution in [0.5, 0.6) is 17.2 Å². The Hall–Kier alpha value is -4.34. The summed E-state index contributed by atoms with van der Waals surface area (Å²) in [4.78, 5) is 32.7. The fraction of sp³-hybridized carbons (Fsp3) is 0.306. The van der Waals surface area contributed by atoms with Crippen LogP contribution in [0.2, 0.25) is 5.02 Å². The Bertz CT molecular complexity index is 1960. The van der Waals surface area contributed by atoms with Crippen molar-refractivity contribution in [2.45, 2.75) is 60.3 Å². The van der Waals surface area contributed by atoms with Gasteiger partial charge in [0.1, 0.15) is 18.4 Å². The number of thiazole rings is 1. The molecule has 0 amide bonds. The number of halogens is 1. The molecule has 46 heavy (non-hydrogen) atoms. The second-order valence-corrected chi connectivity index (χ2v) is 12.5. The number of carbonyl (C=O) groups excluding carboxylic acids is 1. The van der Waals surface area contributed by atoms with Crippen molar-refractivity contribution in [3.05, 3.63) is 119 Å². The smallest absolute Gasteiger partial charge is 0.338 e. The minimum Gasteiger partial charge on any atom is -0.491 e. The van der Waals surface area contributed by atoms with Crippen LogP contribution in [0.15, 0.2) is 81.7 Å². The number of rotatable bonds is 11. The summed E-state index contributed by atoms with van der Waals surface area (Å²) < 4.78 is 25.5. The molecule has 0 spiro atoms. The molecule has 0 saturated heterocycles. The quantitative estimate of drug-likeness (QED) is 0.170. The number of hydrogen-bond donors (Lipinski definition) is 0. The molecule has 240 valence electrons. The number of para-hydroxylation sites is 1. The maximum Gasteiger partial charge on any atom is 0.338 e. The molecule has 5 rings (SSSR count). The molecule has 10 heteroatoms. The third-order valence-electron chi connectivity index (χ3n) is 7.23. The van der Waals surface area contributed by atoms with Gasteiger partial charge in [-0.15, -0.1) is 0 Å². The van der Waals surface area contributed by atoms with Crippen molar-refractivity contribution in [1.29, 1.82) is 0 Å². The van der Waals surface area contributed by atoms with E-state index in [1.165, 1.54) is 11.3 Å². The number of ether oxygens (including phenoxy) is 4. The predicted molar refractivity (Wildman–Crippen MR) is 181 cm³/mol. The average Bonchev–Trinajstić information content (AvgIpc) is 3.31. The van der Waals surface area contributed by atoms with E-state index in [1.54, 1.807) is 36.6 Å².